The minimum Gasteiger partial charge on any atom is -0.224 e. The largest absolute Gasteiger partial charge is 0.224 e. The van der Waals surface area contributed by atoms with Gasteiger partial charge in [0.1, 0.15) is 0 Å². The van der Waals surface area contributed by atoms with Crippen LogP contribution >= 0.6 is 0 Å². The van der Waals surface area contributed by atoms with Crippen molar-refractivity contribution in [2.75, 3.05) is 0 Å². The van der Waals surface area contributed by atoms with Crippen LogP contribution in [0.25, 0.3) is 0 Å². The molecule has 1 rings (SSSR count). The standard InChI is InChI=1S/C9H16O2S/c1-3-12(10,11)9-6-4-5-8(2)7-9/h3,8-9H,1,4-7H2,2H3. The summed E-state index contributed by atoms with van der Waals surface area (Å²) in [6.07, 6.45) is 3.84. The lowest BCUT2D eigenvalue weighted by Crippen LogP contribution is -2.25. The first-order valence-electron chi connectivity index (χ1n) is 4.42. The van der Waals surface area contributed by atoms with Gasteiger partial charge in [0.2, 0.25) is 0 Å². The zero-order valence-electron chi connectivity index (χ0n) is 7.49. The van der Waals surface area contributed by atoms with E-state index in [4.69, 9.17) is 0 Å². The van der Waals surface area contributed by atoms with E-state index in [2.05, 4.69) is 13.5 Å². The topological polar surface area (TPSA) is 34.1 Å². The van der Waals surface area contributed by atoms with Crippen molar-refractivity contribution < 1.29 is 8.42 Å². The third-order valence-electron chi connectivity index (χ3n) is 2.59. The van der Waals surface area contributed by atoms with Crippen molar-refractivity contribution in [3.8, 4) is 0 Å². The lowest BCUT2D eigenvalue weighted by molar-refractivity contribution is 0.383. The Labute approximate surface area is 74.6 Å². The molecule has 0 saturated heterocycles. The maximum Gasteiger partial charge on any atom is 0.173 e. The highest BCUT2D eigenvalue weighted by atomic mass is 32.2. The molecule has 2 nitrogen and oxygen atoms in total. The Morgan fingerprint density at radius 3 is 2.58 bits per heavy atom. The minimum absolute atomic E-state index is 0.154. The number of rotatable bonds is 2. The van der Waals surface area contributed by atoms with Crippen LogP contribution in [-0.2, 0) is 9.84 Å². The summed E-state index contributed by atoms with van der Waals surface area (Å²) in [4.78, 5) is 0. The van der Waals surface area contributed by atoms with Crippen LogP contribution in [0.2, 0.25) is 0 Å². The summed E-state index contributed by atoms with van der Waals surface area (Å²) in [6, 6.07) is 0. The fraction of sp³-hybridized carbons (Fsp3) is 0.778. The molecule has 0 aromatic heterocycles. The van der Waals surface area contributed by atoms with Gasteiger partial charge in [0.05, 0.1) is 5.25 Å². The maximum absolute atomic E-state index is 11.4. The van der Waals surface area contributed by atoms with E-state index in [-0.39, 0.29) is 5.25 Å². The Balaban J connectivity index is 2.69. The van der Waals surface area contributed by atoms with E-state index in [1.165, 1.54) is 6.42 Å². The van der Waals surface area contributed by atoms with Gasteiger partial charge in [0.25, 0.3) is 0 Å². The molecule has 1 fully saturated rings. The van der Waals surface area contributed by atoms with Crippen LogP contribution in [0.4, 0.5) is 0 Å². The van der Waals surface area contributed by atoms with Gasteiger partial charge in [-0.3, -0.25) is 0 Å². The Bertz CT molecular complexity index is 254. The second kappa shape index (κ2) is 3.60. The summed E-state index contributed by atoms with van der Waals surface area (Å²) in [7, 11) is -2.99. The highest BCUT2D eigenvalue weighted by molar-refractivity contribution is 7.94. The molecule has 0 amide bonds. The molecule has 0 heterocycles. The highest BCUT2D eigenvalue weighted by Gasteiger charge is 2.27. The Kier molecular flexibility index (Phi) is 2.94. The van der Waals surface area contributed by atoms with Crippen LogP contribution in [0.1, 0.15) is 32.6 Å². The van der Waals surface area contributed by atoms with Gasteiger partial charge in [-0.1, -0.05) is 26.3 Å². The van der Waals surface area contributed by atoms with Crippen LogP contribution in [0.5, 0.6) is 0 Å². The van der Waals surface area contributed by atoms with E-state index in [1.807, 2.05) is 0 Å². The van der Waals surface area contributed by atoms with Crippen molar-refractivity contribution in [1.82, 2.24) is 0 Å². The first kappa shape index (κ1) is 9.78. The fourth-order valence-corrected chi connectivity index (χ4v) is 3.18. The molecule has 1 aliphatic carbocycles. The van der Waals surface area contributed by atoms with Crippen molar-refractivity contribution in [3.05, 3.63) is 12.0 Å². The second-order valence-electron chi connectivity index (χ2n) is 3.65. The van der Waals surface area contributed by atoms with Crippen molar-refractivity contribution in [2.24, 2.45) is 5.92 Å². The SMILES string of the molecule is C=CS(=O)(=O)C1CCCC(C)C1. The molecule has 2 unspecified atom stereocenters. The quantitative estimate of drug-likeness (QED) is 0.665. The van der Waals surface area contributed by atoms with E-state index >= 15 is 0 Å². The molecule has 0 N–H and O–H groups in total. The van der Waals surface area contributed by atoms with Crippen molar-refractivity contribution in [1.29, 1.82) is 0 Å². The zero-order valence-corrected chi connectivity index (χ0v) is 8.31. The zero-order chi connectivity index (χ0) is 9.19. The van der Waals surface area contributed by atoms with Crippen LogP contribution < -0.4 is 0 Å². The normalized spacial score (nSPS) is 31.4. The summed E-state index contributed by atoms with van der Waals surface area (Å²) in [5.41, 5.74) is 0. The third kappa shape index (κ3) is 2.09. The number of hydrogen-bond donors (Lipinski definition) is 0. The van der Waals surface area contributed by atoms with Gasteiger partial charge in [0.15, 0.2) is 9.84 Å². The maximum atomic E-state index is 11.4. The van der Waals surface area contributed by atoms with Gasteiger partial charge in [-0.05, 0) is 18.8 Å². The predicted molar refractivity (Wildman–Crippen MR) is 50.5 cm³/mol. The monoisotopic (exact) mass is 188 g/mol. The van der Waals surface area contributed by atoms with Crippen molar-refractivity contribution in [2.45, 2.75) is 37.9 Å². The summed E-state index contributed by atoms with van der Waals surface area (Å²) >= 11 is 0. The molecule has 2 atom stereocenters. The smallest absolute Gasteiger partial charge is 0.173 e. The molecule has 0 aromatic carbocycles. The molecule has 0 spiro atoms. The molecular weight excluding hydrogens is 172 g/mol. The predicted octanol–water partition coefficient (Wildman–Crippen LogP) is 2.12. The second-order valence-corrected chi connectivity index (χ2v) is 5.83. The number of sulfone groups is 1. The summed E-state index contributed by atoms with van der Waals surface area (Å²) < 4.78 is 22.8. The average molecular weight is 188 g/mol. The lowest BCUT2D eigenvalue weighted by Gasteiger charge is -2.25. The molecule has 70 valence electrons. The lowest BCUT2D eigenvalue weighted by atomic mass is 9.91. The van der Waals surface area contributed by atoms with Crippen LogP contribution in [0.15, 0.2) is 12.0 Å². The van der Waals surface area contributed by atoms with Crippen LogP contribution in [-0.4, -0.2) is 13.7 Å². The molecule has 3 heteroatoms. The first-order chi connectivity index (χ1) is 5.56. The minimum atomic E-state index is -2.99. The van der Waals surface area contributed by atoms with Gasteiger partial charge >= 0.3 is 0 Å². The van der Waals surface area contributed by atoms with Gasteiger partial charge in [0, 0.05) is 5.41 Å². The van der Waals surface area contributed by atoms with E-state index in [9.17, 15) is 8.42 Å². The molecule has 0 radical (unpaired) electrons. The fourth-order valence-electron chi connectivity index (χ4n) is 1.81. The summed E-state index contributed by atoms with van der Waals surface area (Å²) in [6.45, 7) is 5.46. The van der Waals surface area contributed by atoms with Gasteiger partial charge in [-0.15, -0.1) is 0 Å². The molecule has 0 aliphatic heterocycles. The van der Waals surface area contributed by atoms with Gasteiger partial charge < -0.3 is 0 Å². The summed E-state index contributed by atoms with van der Waals surface area (Å²) in [5, 5.41) is 0.953. The highest BCUT2D eigenvalue weighted by Crippen LogP contribution is 2.28. The van der Waals surface area contributed by atoms with Crippen LogP contribution in [0.3, 0.4) is 0 Å². The first-order valence-corrected chi connectivity index (χ1v) is 6.03. The Morgan fingerprint density at radius 2 is 2.08 bits per heavy atom. The van der Waals surface area contributed by atoms with Crippen molar-refractivity contribution >= 4 is 9.84 Å². The van der Waals surface area contributed by atoms with Crippen molar-refractivity contribution in [3.63, 3.8) is 0 Å². The molecule has 12 heavy (non-hydrogen) atoms. The molecule has 1 aliphatic rings. The van der Waals surface area contributed by atoms with Crippen LogP contribution in [0, 0.1) is 5.92 Å². The molecule has 0 aromatic rings. The Hall–Kier alpha value is -0.310. The molecule has 1 saturated carbocycles. The average Bonchev–Trinajstić information content (AvgIpc) is 2.05. The van der Waals surface area contributed by atoms with E-state index < -0.39 is 9.84 Å². The van der Waals surface area contributed by atoms with E-state index in [0.29, 0.717) is 5.92 Å². The third-order valence-corrected chi connectivity index (χ3v) is 4.41. The Morgan fingerprint density at radius 1 is 1.42 bits per heavy atom. The number of hydrogen-bond acceptors (Lipinski definition) is 2. The summed E-state index contributed by atoms with van der Waals surface area (Å²) in [5.74, 6) is 0.554. The molecular formula is C9H16O2S. The van der Waals surface area contributed by atoms with E-state index in [1.54, 1.807) is 0 Å². The molecule has 0 bridgehead atoms. The van der Waals surface area contributed by atoms with E-state index in [0.717, 1.165) is 24.7 Å². The van der Waals surface area contributed by atoms with Gasteiger partial charge in [-0.2, -0.15) is 0 Å². The van der Waals surface area contributed by atoms with Gasteiger partial charge in [-0.25, -0.2) is 8.42 Å².